The number of nitrogens with zero attached hydrogens (tertiary/aromatic N) is 7. The van der Waals surface area contributed by atoms with Crippen molar-refractivity contribution >= 4 is 50.1 Å². The number of hydrogen-bond acceptors (Lipinski definition) is 8. The van der Waals surface area contributed by atoms with E-state index >= 15 is 0 Å². The summed E-state index contributed by atoms with van der Waals surface area (Å²) in [6.45, 7) is 5.94. The highest BCUT2D eigenvalue weighted by Crippen LogP contribution is 2.32. The Balaban J connectivity index is 1.11. The summed E-state index contributed by atoms with van der Waals surface area (Å²) in [7, 11) is 0. The fourth-order valence-electron chi connectivity index (χ4n) is 4.14. The minimum atomic E-state index is -0.113. The highest BCUT2D eigenvalue weighted by Gasteiger charge is 2.35. The SMILES string of the molecule is CCn1nnc2c(N3CC(C(=O)Nc4ccc(-c5nc6ccc(C)cc6s5)cc4)C3)ncnc21. The van der Waals surface area contributed by atoms with Crippen LogP contribution < -0.4 is 10.2 Å². The van der Waals surface area contributed by atoms with E-state index in [0.29, 0.717) is 30.8 Å². The second kappa shape index (κ2) is 8.14. The summed E-state index contributed by atoms with van der Waals surface area (Å²) >= 11 is 1.68. The fourth-order valence-corrected chi connectivity index (χ4v) is 5.21. The molecule has 1 aliphatic heterocycles. The number of carbonyl (C=O) groups excluding carboxylic acids is 1. The van der Waals surface area contributed by atoms with Crippen LogP contribution in [0.2, 0.25) is 0 Å². The summed E-state index contributed by atoms with van der Waals surface area (Å²) in [6, 6.07) is 14.2. The lowest BCUT2D eigenvalue weighted by Gasteiger charge is -2.38. The summed E-state index contributed by atoms with van der Waals surface area (Å²) in [4.78, 5) is 28.2. The molecule has 0 radical (unpaired) electrons. The Hall–Kier alpha value is -3.92. The number of aryl methyl sites for hydroxylation is 2. The second-order valence-electron chi connectivity index (χ2n) is 8.43. The van der Waals surface area contributed by atoms with Crippen LogP contribution in [0.4, 0.5) is 11.5 Å². The van der Waals surface area contributed by atoms with Crippen LogP contribution in [0.5, 0.6) is 0 Å². The van der Waals surface area contributed by atoms with Crippen molar-refractivity contribution in [2.24, 2.45) is 5.92 Å². The molecule has 1 fully saturated rings. The molecule has 9 nitrogen and oxygen atoms in total. The van der Waals surface area contributed by atoms with Crippen LogP contribution >= 0.6 is 11.3 Å². The molecule has 3 aromatic heterocycles. The van der Waals surface area contributed by atoms with Crippen LogP contribution in [0.15, 0.2) is 48.8 Å². The van der Waals surface area contributed by atoms with Crippen molar-refractivity contribution in [1.82, 2.24) is 29.9 Å². The maximum absolute atomic E-state index is 12.8. The van der Waals surface area contributed by atoms with Crippen molar-refractivity contribution in [1.29, 1.82) is 0 Å². The van der Waals surface area contributed by atoms with E-state index < -0.39 is 0 Å². The lowest BCUT2D eigenvalue weighted by molar-refractivity contribution is -0.120. The molecule has 0 aliphatic carbocycles. The molecule has 170 valence electrons. The first-order valence-electron chi connectivity index (χ1n) is 11.2. The van der Waals surface area contributed by atoms with Crippen molar-refractivity contribution in [3.8, 4) is 10.6 Å². The van der Waals surface area contributed by atoms with E-state index in [0.717, 1.165) is 27.6 Å². The van der Waals surface area contributed by atoms with Crippen LogP contribution in [0.25, 0.3) is 32.0 Å². The molecule has 0 unspecified atom stereocenters. The quantitative estimate of drug-likeness (QED) is 0.416. The third-order valence-corrected chi connectivity index (χ3v) is 7.14. The zero-order chi connectivity index (χ0) is 23.2. The van der Waals surface area contributed by atoms with Crippen LogP contribution in [-0.2, 0) is 11.3 Å². The minimum absolute atomic E-state index is 0.00183. The Morgan fingerprint density at radius 2 is 1.97 bits per heavy atom. The number of thiazole rings is 1. The van der Waals surface area contributed by atoms with Gasteiger partial charge in [-0.25, -0.2) is 19.6 Å². The largest absolute Gasteiger partial charge is 0.353 e. The Kier molecular flexibility index (Phi) is 4.95. The number of nitrogens with one attached hydrogen (secondary N) is 1. The predicted octanol–water partition coefficient (Wildman–Crippen LogP) is 3.90. The molecular formula is C24H22N8OS. The Morgan fingerprint density at radius 3 is 2.76 bits per heavy atom. The van der Waals surface area contributed by atoms with Crippen molar-refractivity contribution in [2.75, 3.05) is 23.3 Å². The molecule has 0 bridgehead atoms. The Labute approximate surface area is 199 Å². The maximum atomic E-state index is 12.8. The third-order valence-electron chi connectivity index (χ3n) is 6.08. The van der Waals surface area contributed by atoms with E-state index in [1.807, 2.05) is 36.1 Å². The monoisotopic (exact) mass is 470 g/mol. The topological polar surface area (TPSA) is 102 Å². The molecule has 10 heteroatoms. The summed E-state index contributed by atoms with van der Waals surface area (Å²) in [5, 5.41) is 12.4. The summed E-state index contributed by atoms with van der Waals surface area (Å²) in [5.41, 5.74) is 5.44. The summed E-state index contributed by atoms with van der Waals surface area (Å²) < 4.78 is 2.92. The average molecular weight is 471 g/mol. The molecule has 0 spiro atoms. The normalized spacial score (nSPS) is 14.0. The van der Waals surface area contributed by atoms with Gasteiger partial charge in [0.1, 0.15) is 11.3 Å². The fraction of sp³-hybridized carbons (Fsp3) is 0.250. The van der Waals surface area contributed by atoms with Crippen LogP contribution in [0.1, 0.15) is 12.5 Å². The van der Waals surface area contributed by atoms with Gasteiger partial charge in [0.2, 0.25) is 5.91 Å². The molecule has 5 aromatic rings. The van der Waals surface area contributed by atoms with Crippen molar-refractivity contribution in [2.45, 2.75) is 20.4 Å². The van der Waals surface area contributed by atoms with Gasteiger partial charge in [0.25, 0.3) is 0 Å². The van der Waals surface area contributed by atoms with E-state index in [9.17, 15) is 4.79 Å². The van der Waals surface area contributed by atoms with Gasteiger partial charge in [-0.3, -0.25) is 4.79 Å². The van der Waals surface area contributed by atoms with Crippen molar-refractivity contribution in [3.05, 3.63) is 54.4 Å². The van der Waals surface area contributed by atoms with Crippen LogP contribution in [0.3, 0.4) is 0 Å². The first kappa shape index (κ1) is 20.7. The van der Waals surface area contributed by atoms with Crippen LogP contribution in [0, 0.1) is 12.8 Å². The smallest absolute Gasteiger partial charge is 0.231 e. The molecule has 1 saturated heterocycles. The number of hydrogen-bond donors (Lipinski definition) is 1. The van der Waals surface area contributed by atoms with E-state index in [1.165, 1.54) is 16.6 Å². The lowest BCUT2D eigenvalue weighted by atomic mass is 9.99. The standard InChI is InChI=1S/C24H22N8OS/c1-3-32-22-20(29-30-32)21(25-13-26-22)31-11-16(12-31)23(33)27-17-7-5-15(6-8-17)24-28-18-9-4-14(2)10-19(18)34-24/h4-10,13,16H,3,11-12H2,1-2H3,(H,27,33). The number of aromatic nitrogens is 6. The van der Waals surface area contributed by atoms with Gasteiger partial charge in [-0.2, -0.15) is 0 Å². The summed E-state index contributed by atoms with van der Waals surface area (Å²) in [6.07, 6.45) is 1.52. The van der Waals surface area contributed by atoms with Gasteiger partial charge in [0.15, 0.2) is 17.0 Å². The number of anilines is 2. The number of rotatable bonds is 5. The highest BCUT2D eigenvalue weighted by atomic mass is 32.1. The van der Waals surface area contributed by atoms with E-state index in [4.69, 9.17) is 4.98 Å². The van der Waals surface area contributed by atoms with E-state index in [2.05, 4.69) is 50.7 Å². The minimum Gasteiger partial charge on any atom is -0.353 e. The molecule has 2 aromatic carbocycles. The molecular weight excluding hydrogens is 448 g/mol. The van der Waals surface area contributed by atoms with Gasteiger partial charge < -0.3 is 10.2 Å². The third kappa shape index (κ3) is 3.56. The first-order chi connectivity index (χ1) is 16.6. The van der Waals surface area contributed by atoms with Gasteiger partial charge in [0.05, 0.1) is 16.1 Å². The summed E-state index contributed by atoms with van der Waals surface area (Å²) in [5.74, 6) is 0.615. The number of benzene rings is 2. The van der Waals surface area contributed by atoms with Gasteiger partial charge in [-0.15, -0.1) is 16.4 Å². The highest BCUT2D eigenvalue weighted by molar-refractivity contribution is 7.21. The van der Waals surface area contributed by atoms with Crippen LogP contribution in [-0.4, -0.2) is 48.9 Å². The molecule has 34 heavy (non-hydrogen) atoms. The molecule has 1 N–H and O–H groups in total. The number of carbonyl (C=O) groups is 1. The van der Waals surface area contributed by atoms with Gasteiger partial charge in [-0.1, -0.05) is 11.3 Å². The van der Waals surface area contributed by atoms with E-state index in [-0.39, 0.29) is 11.8 Å². The Bertz CT molecular complexity index is 1520. The zero-order valence-electron chi connectivity index (χ0n) is 18.8. The van der Waals surface area contributed by atoms with Gasteiger partial charge >= 0.3 is 0 Å². The number of amides is 1. The molecule has 0 atom stereocenters. The molecule has 1 aliphatic rings. The molecule has 0 saturated carbocycles. The molecule has 6 rings (SSSR count). The molecule has 1 amide bonds. The average Bonchev–Trinajstić information content (AvgIpc) is 3.42. The van der Waals surface area contributed by atoms with E-state index in [1.54, 1.807) is 16.0 Å². The van der Waals surface area contributed by atoms with Gasteiger partial charge in [-0.05, 0) is 55.8 Å². The lowest BCUT2D eigenvalue weighted by Crippen LogP contribution is -2.52. The second-order valence-corrected chi connectivity index (χ2v) is 9.46. The first-order valence-corrected chi connectivity index (χ1v) is 12.0. The van der Waals surface area contributed by atoms with Crippen molar-refractivity contribution < 1.29 is 4.79 Å². The number of fused-ring (bicyclic) bond motifs is 2. The van der Waals surface area contributed by atoms with Gasteiger partial charge in [0, 0.05) is 30.9 Å². The van der Waals surface area contributed by atoms with Crippen molar-refractivity contribution in [3.63, 3.8) is 0 Å². The Morgan fingerprint density at radius 1 is 1.15 bits per heavy atom. The zero-order valence-corrected chi connectivity index (χ0v) is 19.6. The maximum Gasteiger partial charge on any atom is 0.231 e. The predicted molar refractivity (Wildman–Crippen MR) is 133 cm³/mol. The molecule has 4 heterocycles.